The van der Waals surface area contributed by atoms with Crippen LogP contribution in [0.1, 0.15) is 68.1 Å². The highest BCUT2D eigenvalue weighted by atomic mass is 16.5. The number of carbonyl (C=O) groups excluding carboxylic acids is 2. The maximum Gasteiger partial charge on any atom is 0.251 e. The molecule has 0 bridgehead atoms. The first-order chi connectivity index (χ1) is 13.8. The van der Waals surface area contributed by atoms with E-state index >= 15 is 0 Å². The second-order valence-electron chi connectivity index (χ2n) is 8.10. The summed E-state index contributed by atoms with van der Waals surface area (Å²) in [6, 6.07) is 15.1. The molecule has 0 saturated carbocycles. The van der Waals surface area contributed by atoms with Gasteiger partial charge in [0.2, 0.25) is 5.91 Å². The number of benzene rings is 2. The van der Waals surface area contributed by atoms with Crippen LogP contribution in [-0.4, -0.2) is 25.5 Å². The van der Waals surface area contributed by atoms with Crippen LogP contribution >= 0.6 is 0 Å². The highest BCUT2D eigenvalue weighted by Crippen LogP contribution is 2.26. The number of hydrogen-bond acceptors (Lipinski definition) is 3. The minimum absolute atomic E-state index is 0.0460. The van der Waals surface area contributed by atoms with E-state index in [0.29, 0.717) is 5.56 Å². The zero-order valence-corrected chi connectivity index (χ0v) is 18.0. The number of hydrogen-bond donors (Lipinski definition) is 2. The number of para-hydroxylation sites is 1. The molecule has 0 saturated heterocycles. The molecule has 2 rings (SSSR count). The lowest BCUT2D eigenvalue weighted by atomic mass is 9.87. The third-order valence-corrected chi connectivity index (χ3v) is 4.91. The van der Waals surface area contributed by atoms with Crippen LogP contribution in [0.2, 0.25) is 0 Å². The van der Waals surface area contributed by atoms with Gasteiger partial charge in [-0.25, -0.2) is 0 Å². The Morgan fingerprint density at radius 3 is 2.28 bits per heavy atom. The molecule has 0 aliphatic rings. The first-order valence-corrected chi connectivity index (χ1v) is 10.1. The number of ether oxygens (including phenoxy) is 1. The van der Waals surface area contributed by atoms with Gasteiger partial charge in [0.25, 0.3) is 5.91 Å². The van der Waals surface area contributed by atoms with Crippen molar-refractivity contribution in [3.05, 3.63) is 65.2 Å². The Bertz CT molecular complexity index is 823. The molecule has 1 unspecified atom stereocenters. The molecule has 2 aromatic carbocycles. The van der Waals surface area contributed by atoms with E-state index in [4.69, 9.17) is 4.74 Å². The SMILES string of the molecule is CCC(NC(=O)CCNC(=O)c1ccc(C(C)(C)C)cc1)c1ccccc1OC. The van der Waals surface area contributed by atoms with Gasteiger partial charge in [-0.3, -0.25) is 9.59 Å². The van der Waals surface area contributed by atoms with Crippen molar-refractivity contribution < 1.29 is 14.3 Å². The fourth-order valence-corrected chi connectivity index (χ4v) is 3.13. The summed E-state index contributed by atoms with van der Waals surface area (Å²) in [4.78, 5) is 24.7. The lowest BCUT2D eigenvalue weighted by molar-refractivity contribution is -0.121. The molecule has 156 valence electrons. The van der Waals surface area contributed by atoms with E-state index in [-0.39, 0.29) is 36.2 Å². The quantitative estimate of drug-likeness (QED) is 0.696. The summed E-state index contributed by atoms with van der Waals surface area (Å²) in [5, 5.41) is 5.84. The molecule has 5 nitrogen and oxygen atoms in total. The lowest BCUT2D eigenvalue weighted by Gasteiger charge is -2.20. The summed E-state index contributed by atoms with van der Waals surface area (Å²) < 4.78 is 5.39. The fourth-order valence-electron chi connectivity index (χ4n) is 3.13. The van der Waals surface area contributed by atoms with Crippen molar-refractivity contribution in [1.29, 1.82) is 0 Å². The smallest absolute Gasteiger partial charge is 0.251 e. The largest absolute Gasteiger partial charge is 0.496 e. The summed E-state index contributed by atoms with van der Waals surface area (Å²) in [7, 11) is 1.62. The van der Waals surface area contributed by atoms with E-state index in [1.807, 2.05) is 55.5 Å². The molecule has 0 radical (unpaired) electrons. The van der Waals surface area contributed by atoms with Gasteiger partial charge >= 0.3 is 0 Å². The van der Waals surface area contributed by atoms with Crippen molar-refractivity contribution in [2.45, 2.75) is 52.0 Å². The fraction of sp³-hybridized carbons (Fsp3) is 0.417. The molecule has 29 heavy (non-hydrogen) atoms. The van der Waals surface area contributed by atoms with Crippen LogP contribution in [0, 0.1) is 0 Å². The van der Waals surface area contributed by atoms with Crippen LogP contribution in [-0.2, 0) is 10.2 Å². The zero-order chi connectivity index (χ0) is 21.4. The van der Waals surface area contributed by atoms with Crippen molar-refractivity contribution in [2.75, 3.05) is 13.7 Å². The van der Waals surface area contributed by atoms with Crippen LogP contribution in [0.3, 0.4) is 0 Å². The molecular formula is C24H32N2O3. The molecule has 1 atom stereocenters. The summed E-state index contributed by atoms with van der Waals surface area (Å²) in [5.74, 6) is 0.479. The highest BCUT2D eigenvalue weighted by Gasteiger charge is 2.17. The predicted molar refractivity (Wildman–Crippen MR) is 116 cm³/mol. The standard InChI is InChI=1S/C24H32N2O3/c1-6-20(19-9-7-8-10-21(19)29-5)26-22(27)15-16-25-23(28)17-11-13-18(14-12-17)24(2,3)4/h7-14,20H,6,15-16H2,1-5H3,(H,25,28)(H,26,27). The van der Waals surface area contributed by atoms with Crippen molar-refractivity contribution in [2.24, 2.45) is 0 Å². The number of nitrogens with one attached hydrogen (secondary N) is 2. The number of amides is 2. The van der Waals surface area contributed by atoms with Crippen molar-refractivity contribution in [3.63, 3.8) is 0 Å². The van der Waals surface area contributed by atoms with Crippen LogP contribution in [0.25, 0.3) is 0 Å². The molecular weight excluding hydrogens is 364 g/mol. The van der Waals surface area contributed by atoms with Crippen LogP contribution in [0.5, 0.6) is 5.75 Å². The molecule has 2 amide bonds. The topological polar surface area (TPSA) is 67.4 Å². The molecule has 0 aromatic heterocycles. The van der Waals surface area contributed by atoms with Gasteiger partial charge < -0.3 is 15.4 Å². The Morgan fingerprint density at radius 2 is 1.69 bits per heavy atom. The average Bonchev–Trinajstić information content (AvgIpc) is 2.71. The summed E-state index contributed by atoms with van der Waals surface area (Å²) in [6.07, 6.45) is 0.968. The van der Waals surface area contributed by atoms with Gasteiger partial charge in [0.05, 0.1) is 13.2 Å². The summed E-state index contributed by atoms with van der Waals surface area (Å²) >= 11 is 0. The van der Waals surface area contributed by atoms with Gasteiger partial charge in [-0.05, 0) is 35.6 Å². The Hall–Kier alpha value is -2.82. The van der Waals surface area contributed by atoms with Gasteiger partial charge in [-0.15, -0.1) is 0 Å². The summed E-state index contributed by atoms with van der Waals surface area (Å²) in [6.45, 7) is 8.70. The predicted octanol–water partition coefficient (Wildman–Crippen LogP) is 4.38. The molecule has 2 aromatic rings. The molecule has 5 heteroatoms. The lowest BCUT2D eigenvalue weighted by Crippen LogP contribution is -2.33. The van der Waals surface area contributed by atoms with Gasteiger partial charge in [-0.2, -0.15) is 0 Å². The van der Waals surface area contributed by atoms with Crippen LogP contribution in [0.4, 0.5) is 0 Å². The third kappa shape index (κ3) is 6.34. The number of rotatable bonds is 8. The first kappa shape index (κ1) is 22.5. The Labute approximate surface area is 173 Å². The van der Waals surface area contributed by atoms with E-state index in [0.717, 1.165) is 17.7 Å². The second kappa shape index (κ2) is 10.1. The molecule has 0 heterocycles. The molecule has 2 N–H and O–H groups in total. The summed E-state index contributed by atoms with van der Waals surface area (Å²) in [5.41, 5.74) is 2.77. The van der Waals surface area contributed by atoms with Crippen LogP contribution in [0.15, 0.2) is 48.5 Å². The van der Waals surface area contributed by atoms with Crippen molar-refractivity contribution in [1.82, 2.24) is 10.6 Å². The van der Waals surface area contributed by atoms with E-state index in [1.165, 1.54) is 5.56 Å². The van der Waals surface area contributed by atoms with E-state index in [9.17, 15) is 9.59 Å². The Kier molecular flexibility index (Phi) is 7.82. The second-order valence-corrected chi connectivity index (χ2v) is 8.10. The highest BCUT2D eigenvalue weighted by molar-refractivity contribution is 5.94. The first-order valence-electron chi connectivity index (χ1n) is 10.1. The van der Waals surface area contributed by atoms with E-state index < -0.39 is 0 Å². The molecule has 0 fully saturated rings. The Morgan fingerprint density at radius 1 is 1.03 bits per heavy atom. The monoisotopic (exact) mass is 396 g/mol. The Balaban J connectivity index is 1.86. The number of carbonyl (C=O) groups is 2. The average molecular weight is 397 g/mol. The molecule has 0 aliphatic carbocycles. The maximum absolute atomic E-state index is 12.4. The molecule has 0 aliphatic heterocycles. The van der Waals surface area contributed by atoms with E-state index in [2.05, 4.69) is 31.4 Å². The van der Waals surface area contributed by atoms with Gasteiger partial charge in [-0.1, -0.05) is 58.0 Å². The molecule has 0 spiro atoms. The normalized spacial score (nSPS) is 12.2. The van der Waals surface area contributed by atoms with E-state index in [1.54, 1.807) is 7.11 Å². The van der Waals surface area contributed by atoms with Crippen molar-refractivity contribution in [3.8, 4) is 5.75 Å². The minimum atomic E-state index is -0.171. The van der Waals surface area contributed by atoms with Crippen molar-refractivity contribution >= 4 is 11.8 Å². The number of methoxy groups -OCH3 is 1. The third-order valence-electron chi connectivity index (χ3n) is 4.91. The van der Waals surface area contributed by atoms with Gasteiger partial charge in [0.15, 0.2) is 0 Å². The maximum atomic E-state index is 12.4. The van der Waals surface area contributed by atoms with Gasteiger partial charge in [0.1, 0.15) is 5.75 Å². The zero-order valence-electron chi connectivity index (χ0n) is 18.0. The minimum Gasteiger partial charge on any atom is -0.496 e. The van der Waals surface area contributed by atoms with Gasteiger partial charge in [0, 0.05) is 24.1 Å². The van der Waals surface area contributed by atoms with Crippen LogP contribution < -0.4 is 15.4 Å².